The zero-order valence-corrected chi connectivity index (χ0v) is 16.9. The molecule has 0 atom stereocenters. The van der Waals surface area contributed by atoms with Crippen molar-refractivity contribution in [3.8, 4) is 11.3 Å². The number of piperazine rings is 1. The Hall–Kier alpha value is -3.11. The van der Waals surface area contributed by atoms with E-state index >= 15 is 0 Å². The van der Waals surface area contributed by atoms with Crippen molar-refractivity contribution in [2.75, 3.05) is 45.1 Å². The molecular weight excluding hydrogens is 409 g/mol. The number of rotatable bonds is 4. The lowest BCUT2D eigenvalue weighted by atomic mass is 10.1. The molecule has 31 heavy (non-hydrogen) atoms. The van der Waals surface area contributed by atoms with Crippen LogP contribution in [0.4, 0.5) is 19.0 Å². The molecule has 1 amide bonds. The van der Waals surface area contributed by atoms with Crippen molar-refractivity contribution in [2.24, 2.45) is 0 Å². The van der Waals surface area contributed by atoms with Gasteiger partial charge in [0, 0.05) is 61.8 Å². The van der Waals surface area contributed by atoms with E-state index in [0.29, 0.717) is 22.4 Å². The van der Waals surface area contributed by atoms with E-state index in [2.05, 4.69) is 30.1 Å². The summed E-state index contributed by atoms with van der Waals surface area (Å²) in [5, 5.41) is 3.48. The van der Waals surface area contributed by atoms with E-state index in [1.54, 1.807) is 24.4 Å². The lowest BCUT2D eigenvalue weighted by molar-refractivity contribution is -0.137. The number of hydrogen-bond donors (Lipinski definition) is 1. The SMILES string of the molecule is CN1CCN(CC(=O)Nc2cc3nc(-c4cncc(C(F)(F)F)c4)ccc3cn2)CC1. The quantitative estimate of drug-likeness (QED) is 0.686. The van der Waals surface area contributed by atoms with Gasteiger partial charge in [0.2, 0.25) is 5.91 Å². The van der Waals surface area contributed by atoms with Gasteiger partial charge in [-0.1, -0.05) is 0 Å². The number of carbonyl (C=O) groups is 1. The molecule has 4 heterocycles. The molecule has 7 nitrogen and oxygen atoms in total. The molecule has 1 aliphatic heterocycles. The van der Waals surface area contributed by atoms with Crippen molar-refractivity contribution in [3.63, 3.8) is 0 Å². The monoisotopic (exact) mass is 430 g/mol. The van der Waals surface area contributed by atoms with Crippen LogP contribution >= 0.6 is 0 Å². The highest BCUT2D eigenvalue weighted by atomic mass is 19.4. The summed E-state index contributed by atoms with van der Waals surface area (Å²) in [5.74, 6) is 0.174. The van der Waals surface area contributed by atoms with Crippen LogP contribution in [0.5, 0.6) is 0 Å². The van der Waals surface area contributed by atoms with Crippen LogP contribution in [-0.4, -0.2) is 70.4 Å². The highest BCUT2D eigenvalue weighted by Crippen LogP contribution is 2.31. The highest BCUT2D eigenvalue weighted by Gasteiger charge is 2.31. The normalized spacial score (nSPS) is 15.9. The van der Waals surface area contributed by atoms with E-state index < -0.39 is 11.7 Å². The maximum atomic E-state index is 13.0. The molecule has 1 saturated heterocycles. The molecule has 10 heteroatoms. The Morgan fingerprint density at radius 1 is 1.10 bits per heavy atom. The van der Waals surface area contributed by atoms with Gasteiger partial charge in [-0.15, -0.1) is 0 Å². The lowest BCUT2D eigenvalue weighted by Gasteiger charge is -2.31. The number of hydrogen-bond acceptors (Lipinski definition) is 6. The molecule has 1 N–H and O–H groups in total. The first-order valence-electron chi connectivity index (χ1n) is 9.78. The summed E-state index contributed by atoms with van der Waals surface area (Å²) in [7, 11) is 2.05. The Labute approximate surface area is 176 Å². The van der Waals surface area contributed by atoms with E-state index in [4.69, 9.17) is 0 Å². The Balaban J connectivity index is 1.52. The summed E-state index contributed by atoms with van der Waals surface area (Å²) >= 11 is 0. The average molecular weight is 430 g/mol. The fourth-order valence-electron chi connectivity index (χ4n) is 3.37. The van der Waals surface area contributed by atoms with Crippen LogP contribution in [0.1, 0.15) is 5.56 Å². The molecule has 0 radical (unpaired) electrons. The second-order valence-corrected chi connectivity index (χ2v) is 7.55. The molecule has 3 aromatic heterocycles. The molecule has 0 aliphatic carbocycles. The lowest BCUT2D eigenvalue weighted by Crippen LogP contribution is -2.47. The standard InChI is InChI=1S/C21H21F3N6O/c1-29-4-6-30(7-5-29)13-20(31)28-19-9-18-14(11-26-19)2-3-17(27-18)15-8-16(12-25-10-15)21(22,23)24/h2-3,8-12H,4-7,13H2,1H3,(H,26,28,31). The Kier molecular flexibility index (Phi) is 5.84. The van der Waals surface area contributed by atoms with Gasteiger partial charge < -0.3 is 10.2 Å². The van der Waals surface area contributed by atoms with E-state index in [1.807, 2.05) is 7.05 Å². The Morgan fingerprint density at radius 3 is 2.61 bits per heavy atom. The van der Waals surface area contributed by atoms with E-state index in [0.717, 1.165) is 38.4 Å². The van der Waals surface area contributed by atoms with Crippen molar-refractivity contribution < 1.29 is 18.0 Å². The van der Waals surface area contributed by atoms with Crippen molar-refractivity contribution in [2.45, 2.75) is 6.18 Å². The molecule has 0 unspecified atom stereocenters. The minimum Gasteiger partial charge on any atom is -0.310 e. The van der Waals surface area contributed by atoms with Crippen molar-refractivity contribution >= 4 is 22.6 Å². The second-order valence-electron chi connectivity index (χ2n) is 7.55. The van der Waals surface area contributed by atoms with Crippen molar-refractivity contribution in [3.05, 3.63) is 48.4 Å². The summed E-state index contributed by atoms with van der Waals surface area (Å²) < 4.78 is 39.0. The molecule has 3 aromatic rings. The maximum absolute atomic E-state index is 13.0. The number of aromatic nitrogens is 3. The number of nitrogens with zero attached hydrogens (tertiary/aromatic N) is 5. The number of pyridine rings is 3. The molecule has 1 aliphatic rings. The molecule has 0 aromatic carbocycles. The smallest absolute Gasteiger partial charge is 0.310 e. The summed E-state index contributed by atoms with van der Waals surface area (Å²) in [6, 6.07) is 5.97. The highest BCUT2D eigenvalue weighted by molar-refractivity contribution is 5.93. The van der Waals surface area contributed by atoms with Crippen LogP contribution in [0.25, 0.3) is 22.2 Å². The summed E-state index contributed by atoms with van der Waals surface area (Å²) in [5.41, 5.74) is 0.291. The predicted octanol–water partition coefficient (Wildman–Crippen LogP) is 2.90. The molecule has 1 fully saturated rings. The van der Waals surface area contributed by atoms with E-state index in [-0.39, 0.29) is 18.0 Å². The van der Waals surface area contributed by atoms with Gasteiger partial charge in [-0.3, -0.25) is 14.7 Å². The van der Waals surface area contributed by atoms with Crippen LogP contribution in [-0.2, 0) is 11.0 Å². The fraction of sp³-hybridized carbons (Fsp3) is 0.333. The van der Waals surface area contributed by atoms with Crippen LogP contribution in [0.2, 0.25) is 0 Å². The minimum absolute atomic E-state index is 0.172. The number of amides is 1. The van der Waals surface area contributed by atoms with Gasteiger partial charge in [0.1, 0.15) is 5.82 Å². The van der Waals surface area contributed by atoms with Gasteiger partial charge >= 0.3 is 6.18 Å². The minimum atomic E-state index is -4.48. The molecule has 162 valence electrons. The predicted molar refractivity (Wildman–Crippen MR) is 110 cm³/mol. The number of alkyl halides is 3. The first kappa shape index (κ1) is 21.1. The van der Waals surface area contributed by atoms with Crippen LogP contribution in [0.15, 0.2) is 42.9 Å². The maximum Gasteiger partial charge on any atom is 0.417 e. The summed E-state index contributed by atoms with van der Waals surface area (Å²) in [6.45, 7) is 3.75. The van der Waals surface area contributed by atoms with Crippen LogP contribution in [0, 0.1) is 0 Å². The number of fused-ring (bicyclic) bond motifs is 1. The first-order valence-corrected chi connectivity index (χ1v) is 9.78. The molecular formula is C21H21F3N6O. The fourth-order valence-corrected chi connectivity index (χ4v) is 3.37. The molecule has 0 saturated carbocycles. The first-order chi connectivity index (χ1) is 14.8. The third kappa shape index (κ3) is 5.15. The van der Waals surface area contributed by atoms with Gasteiger partial charge in [-0.25, -0.2) is 9.97 Å². The number of likely N-dealkylation sites (N-methyl/N-ethyl adjacent to an activating group) is 1. The summed E-state index contributed by atoms with van der Waals surface area (Å²) in [4.78, 5) is 29.0. The van der Waals surface area contributed by atoms with E-state index in [1.165, 1.54) is 6.20 Å². The topological polar surface area (TPSA) is 74.2 Å². The van der Waals surface area contributed by atoms with Gasteiger partial charge in [-0.05, 0) is 25.2 Å². The third-order valence-corrected chi connectivity index (χ3v) is 5.17. The van der Waals surface area contributed by atoms with Crippen molar-refractivity contribution in [1.29, 1.82) is 0 Å². The number of anilines is 1. The van der Waals surface area contributed by atoms with Gasteiger partial charge in [0.15, 0.2) is 0 Å². The molecule has 4 rings (SSSR count). The largest absolute Gasteiger partial charge is 0.417 e. The Morgan fingerprint density at radius 2 is 1.87 bits per heavy atom. The second kappa shape index (κ2) is 8.56. The zero-order chi connectivity index (χ0) is 22.0. The van der Waals surface area contributed by atoms with Crippen molar-refractivity contribution in [1.82, 2.24) is 24.8 Å². The van der Waals surface area contributed by atoms with Gasteiger partial charge in [0.25, 0.3) is 0 Å². The van der Waals surface area contributed by atoms with Gasteiger partial charge in [0.05, 0.1) is 23.3 Å². The number of nitrogens with one attached hydrogen (secondary N) is 1. The molecule has 0 spiro atoms. The third-order valence-electron chi connectivity index (χ3n) is 5.17. The number of carbonyl (C=O) groups excluding carboxylic acids is 1. The van der Waals surface area contributed by atoms with E-state index in [9.17, 15) is 18.0 Å². The van der Waals surface area contributed by atoms with Gasteiger partial charge in [-0.2, -0.15) is 13.2 Å². The number of halogens is 3. The van der Waals surface area contributed by atoms with Crippen LogP contribution < -0.4 is 5.32 Å². The molecule has 0 bridgehead atoms. The zero-order valence-electron chi connectivity index (χ0n) is 16.9. The Bertz CT molecular complexity index is 1100. The average Bonchev–Trinajstić information content (AvgIpc) is 2.74. The van der Waals surface area contributed by atoms with Crippen LogP contribution in [0.3, 0.4) is 0 Å². The summed E-state index contributed by atoms with van der Waals surface area (Å²) in [6.07, 6.45) is -0.793.